The van der Waals surface area contributed by atoms with Gasteiger partial charge in [-0.25, -0.2) is 0 Å². The van der Waals surface area contributed by atoms with Gasteiger partial charge in [-0.1, -0.05) is 0 Å². The first-order valence-electron chi connectivity index (χ1n) is 3.37. The van der Waals surface area contributed by atoms with Crippen molar-refractivity contribution in [3.8, 4) is 0 Å². The Morgan fingerprint density at radius 3 is 1.55 bits per heavy atom. The average Bonchev–Trinajstić information content (AvgIpc) is 1.59. The van der Waals surface area contributed by atoms with E-state index in [4.69, 9.17) is 0 Å². The van der Waals surface area contributed by atoms with E-state index in [1.165, 1.54) is 13.1 Å². The van der Waals surface area contributed by atoms with Crippen LogP contribution < -0.4 is 17.0 Å². The lowest BCUT2D eigenvalue weighted by Gasteiger charge is -2.25. The Morgan fingerprint density at radius 2 is 1.45 bits per heavy atom. The van der Waals surface area contributed by atoms with Crippen molar-refractivity contribution < 1.29 is 21.5 Å². The van der Waals surface area contributed by atoms with E-state index < -0.39 is 0 Å². The van der Waals surface area contributed by atoms with Crippen LogP contribution in [0.5, 0.6) is 0 Å². The molecular weight excluding hydrogens is 272 g/mol. The van der Waals surface area contributed by atoms with Crippen molar-refractivity contribution in [3.63, 3.8) is 0 Å². The molecule has 0 aliphatic rings. The molecular formula is C7H20Br2N2. The summed E-state index contributed by atoms with van der Waals surface area (Å²) in [5.74, 6) is 0. The Labute approximate surface area is 91.7 Å². The van der Waals surface area contributed by atoms with Gasteiger partial charge in [0.25, 0.3) is 0 Å². The number of nitrogens with zero attached hydrogens (tertiary/aromatic N) is 2. The molecule has 0 aliphatic carbocycles. The fraction of sp³-hybridized carbons (Fsp3) is 1.00. The normalized spacial score (nSPS) is 10.4. The minimum atomic E-state index is 0. The highest BCUT2D eigenvalue weighted by Crippen LogP contribution is 1.88. The van der Waals surface area contributed by atoms with Crippen molar-refractivity contribution in [2.75, 3.05) is 48.3 Å². The van der Waals surface area contributed by atoms with Crippen LogP contribution in [0.3, 0.4) is 0 Å². The standard InChI is InChI=1S/C7H19N2.2BrH/c1-8(2)6-7-9(3,4)5;;/h6-7H2,1-5H3;2*1H/q+1;;/p-1. The monoisotopic (exact) mass is 290 g/mol. The van der Waals surface area contributed by atoms with Crippen LogP contribution in [0.2, 0.25) is 0 Å². The Kier molecular flexibility index (Phi) is 12.2. The molecule has 0 bridgehead atoms. The van der Waals surface area contributed by atoms with E-state index in [0.717, 1.165) is 4.48 Å². The SMILES string of the molecule is Br.CN(C)CC[N+](C)(C)C.[Br-]. The van der Waals surface area contributed by atoms with E-state index in [1.807, 2.05) is 0 Å². The van der Waals surface area contributed by atoms with Crippen molar-refractivity contribution in [2.45, 2.75) is 0 Å². The van der Waals surface area contributed by atoms with Gasteiger partial charge in [0.05, 0.1) is 27.7 Å². The maximum atomic E-state index is 2.21. The van der Waals surface area contributed by atoms with Crippen LogP contribution in [-0.2, 0) is 0 Å². The zero-order valence-corrected chi connectivity index (χ0v) is 11.4. The third kappa shape index (κ3) is 18.1. The lowest BCUT2D eigenvalue weighted by Crippen LogP contribution is -3.00. The van der Waals surface area contributed by atoms with Crippen LogP contribution in [0.1, 0.15) is 0 Å². The van der Waals surface area contributed by atoms with Crippen LogP contribution in [0, 0.1) is 0 Å². The lowest BCUT2D eigenvalue weighted by atomic mass is 10.5. The third-order valence-electron chi connectivity index (χ3n) is 1.22. The highest BCUT2D eigenvalue weighted by molar-refractivity contribution is 8.93. The molecule has 0 amide bonds. The zero-order chi connectivity index (χ0) is 7.49. The lowest BCUT2D eigenvalue weighted by molar-refractivity contribution is -0.869. The number of likely N-dealkylation sites (N-methyl/N-ethyl adjacent to an activating group) is 2. The quantitative estimate of drug-likeness (QED) is 0.536. The Bertz CT molecular complexity index is 79.0. The van der Waals surface area contributed by atoms with Gasteiger partial charge in [0.1, 0.15) is 0 Å². The van der Waals surface area contributed by atoms with Gasteiger partial charge in [0, 0.05) is 6.54 Å². The molecule has 2 nitrogen and oxygen atoms in total. The first-order chi connectivity index (χ1) is 3.92. The largest absolute Gasteiger partial charge is 1.00 e. The molecule has 0 heterocycles. The summed E-state index contributed by atoms with van der Waals surface area (Å²) in [6, 6.07) is 0. The summed E-state index contributed by atoms with van der Waals surface area (Å²) in [4.78, 5) is 2.21. The van der Waals surface area contributed by atoms with Gasteiger partial charge in [0.2, 0.25) is 0 Å². The summed E-state index contributed by atoms with van der Waals surface area (Å²) < 4.78 is 1.05. The molecule has 0 aromatic carbocycles. The first kappa shape index (κ1) is 17.8. The van der Waals surface area contributed by atoms with Gasteiger partial charge < -0.3 is 26.4 Å². The van der Waals surface area contributed by atoms with Crippen LogP contribution in [0.4, 0.5) is 0 Å². The number of halogens is 2. The number of quaternary nitrogens is 1. The molecule has 0 radical (unpaired) electrons. The first-order valence-corrected chi connectivity index (χ1v) is 3.37. The Balaban J connectivity index is -0.000000320. The summed E-state index contributed by atoms with van der Waals surface area (Å²) in [5.41, 5.74) is 0. The van der Waals surface area contributed by atoms with E-state index >= 15 is 0 Å². The minimum absolute atomic E-state index is 0. The van der Waals surface area contributed by atoms with Crippen molar-refractivity contribution in [3.05, 3.63) is 0 Å². The molecule has 0 N–H and O–H groups in total. The fourth-order valence-corrected chi connectivity index (χ4v) is 0.500. The van der Waals surface area contributed by atoms with Crippen molar-refractivity contribution in [1.29, 1.82) is 0 Å². The Hall–Kier alpha value is 0.880. The molecule has 0 rings (SSSR count). The number of hydrogen-bond donors (Lipinski definition) is 0. The van der Waals surface area contributed by atoms with Crippen molar-refractivity contribution in [1.82, 2.24) is 4.90 Å². The van der Waals surface area contributed by atoms with Crippen LogP contribution >= 0.6 is 17.0 Å². The molecule has 0 aliphatic heterocycles. The second-order valence-electron chi connectivity index (χ2n) is 3.82. The minimum Gasteiger partial charge on any atom is -1.00 e. The zero-order valence-electron chi connectivity index (χ0n) is 8.09. The highest BCUT2D eigenvalue weighted by Gasteiger charge is 2.05. The molecule has 0 fully saturated rings. The highest BCUT2D eigenvalue weighted by atomic mass is 79.9. The van der Waals surface area contributed by atoms with E-state index in [2.05, 4.69) is 40.1 Å². The molecule has 0 spiro atoms. The van der Waals surface area contributed by atoms with Crippen molar-refractivity contribution in [2.24, 2.45) is 0 Å². The maximum absolute atomic E-state index is 2.21. The summed E-state index contributed by atoms with van der Waals surface area (Å²) in [5, 5.41) is 0. The predicted octanol–water partition coefficient (Wildman–Crippen LogP) is -2.16. The van der Waals surface area contributed by atoms with Gasteiger partial charge in [-0.2, -0.15) is 0 Å². The fourth-order valence-electron chi connectivity index (χ4n) is 0.500. The molecule has 72 valence electrons. The van der Waals surface area contributed by atoms with E-state index in [9.17, 15) is 0 Å². The van der Waals surface area contributed by atoms with Crippen LogP contribution in [0.25, 0.3) is 0 Å². The van der Waals surface area contributed by atoms with Gasteiger partial charge >= 0.3 is 0 Å². The molecule has 0 atom stereocenters. The van der Waals surface area contributed by atoms with Crippen LogP contribution in [-0.4, -0.2) is 57.7 Å². The van der Waals surface area contributed by atoms with Gasteiger partial charge in [-0.15, -0.1) is 17.0 Å². The van der Waals surface area contributed by atoms with Gasteiger partial charge in [0.15, 0.2) is 0 Å². The van der Waals surface area contributed by atoms with Crippen molar-refractivity contribution >= 4 is 17.0 Å². The summed E-state index contributed by atoms with van der Waals surface area (Å²) in [6.45, 7) is 2.39. The summed E-state index contributed by atoms with van der Waals surface area (Å²) in [7, 11) is 10.8. The van der Waals surface area contributed by atoms with E-state index in [-0.39, 0.29) is 34.0 Å². The van der Waals surface area contributed by atoms with Crippen LogP contribution in [0.15, 0.2) is 0 Å². The molecule has 11 heavy (non-hydrogen) atoms. The molecule has 0 aromatic heterocycles. The number of hydrogen-bond acceptors (Lipinski definition) is 1. The average molecular weight is 292 g/mol. The molecule has 0 unspecified atom stereocenters. The molecule has 4 heteroatoms. The molecule has 0 saturated heterocycles. The third-order valence-corrected chi connectivity index (χ3v) is 1.22. The topological polar surface area (TPSA) is 3.24 Å². The maximum Gasteiger partial charge on any atom is 0.0909 e. The smallest absolute Gasteiger partial charge is 0.0909 e. The summed E-state index contributed by atoms with van der Waals surface area (Å²) >= 11 is 0. The summed E-state index contributed by atoms with van der Waals surface area (Å²) in [6.07, 6.45) is 0. The van der Waals surface area contributed by atoms with E-state index in [0.29, 0.717) is 0 Å². The second-order valence-corrected chi connectivity index (χ2v) is 3.82. The van der Waals surface area contributed by atoms with Gasteiger partial charge in [-0.05, 0) is 14.1 Å². The second kappa shape index (κ2) is 7.53. The molecule has 0 saturated carbocycles. The predicted molar refractivity (Wildman–Crippen MR) is 51.8 cm³/mol. The Morgan fingerprint density at radius 1 is 1.09 bits per heavy atom. The van der Waals surface area contributed by atoms with Gasteiger partial charge in [-0.3, -0.25) is 0 Å². The molecule has 0 aromatic rings. The van der Waals surface area contributed by atoms with E-state index in [1.54, 1.807) is 0 Å². The number of rotatable bonds is 3.